The van der Waals surface area contributed by atoms with Crippen LogP contribution in [0.2, 0.25) is 0 Å². The van der Waals surface area contributed by atoms with Gasteiger partial charge in [0.15, 0.2) is 0 Å². The number of aromatic hydroxyl groups is 1. The molecule has 13 heavy (non-hydrogen) atoms. The van der Waals surface area contributed by atoms with E-state index in [1.165, 1.54) is 6.20 Å². The van der Waals surface area contributed by atoms with Crippen molar-refractivity contribution >= 4 is 0 Å². The van der Waals surface area contributed by atoms with Gasteiger partial charge in [0.05, 0.1) is 6.20 Å². The van der Waals surface area contributed by atoms with Gasteiger partial charge in [-0.25, -0.2) is 4.98 Å². The predicted octanol–water partition coefficient (Wildman–Crippen LogP) is 2.18. The summed E-state index contributed by atoms with van der Waals surface area (Å²) in [6, 6.07) is 3.30. The average molecular weight is 175 g/mol. The molecule has 0 radical (unpaired) electrons. The smallest absolute Gasteiger partial charge is 0.133 e. The molecule has 0 atom stereocenters. The molecule has 0 amide bonds. The molecule has 0 aliphatic heterocycles. The van der Waals surface area contributed by atoms with Crippen LogP contribution in [0.1, 0.15) is 26.0 Å². The van der Waals surface area contributed by atoms with E-state index in [2.05, 4.69) is 30.7 Å². The molecule has 0 saturated carbocycles. The molecule has 0 spiro atoms. The lowest BCUT2D eigenvalue weighted by atomic mass is 10.1. The monoisotopic (exact) mass is 175 g/mol. The summed E-state index contributed by atoms with van der Waals surface area (Å²) in [5.41, 5.74) is 0.707. The van der Waals surface area contributed by atoms with Crippen molar-refractivity contribution in [2.75, 3.05) is 0 Å². The van der Waals surface area contributed by atoms with Gasteiger partial charge in [-0.1, -0.05) is 19.8 Å². The topological polar surface area (TPSA) is 33.1 Å². The van der Waals surface area contributed by atoms with E-state index >= 15 is 0 Å². The molecule has 0 aliphatic rings. The number of pyridine rings is 1. The SMILES string of the molecule is CC(C)CC#Cc1ccc(O)cn1. The first kappa shape index (κ1) is 9.60. The Balaban J connectivity index is 2.62. The van der Waals surface area contributed by atoms with Gasteiger partial charge in [0.2, 0.25) is 0 Å². The van der Waals surface area contributed by atoms with Crippen LogP contribution in [0.25, 0.3) is 0 Å². The molecule has 0 unspecified atom stereocenters. The first-order chi connectivity index (χ1) is 6.18. The molecule has 2 heteroatoms. The summed E-state index contributed by atoms with van der Waals surface area (Å²) >= 11 is 0. The molecule has 1 aromatic heterocycles. The fraction of sp³-hybridized carbons (Fsp3) is 0.364. The Labute approximate surface area is 78.6 Å². The zero-order valence-electron chi connectivity index (χ0n) is 7.91. The van der Waals surface area contributed by atoms with Gasteiger partial charge in [0, 0.05) is 6.42 Å². The molecule has 1 rings (SSSR count). The summed E-state index contributed by atoms with van der Waals surface area (Å²) in [5, 5.41) is 8.96. The lowest BCUT2D eigenvalue weighted by Crippen LogP contribution is -1.83. The molecular formula is C11H13NO. The number of aromatic nitrogens is 1. The molecule has 68 valence electrons. The molecule has 2 nitrogen and oxygen atoms in total. The van der Waals surface area contributed by atoms with Crippen LogP contribution in [0, 0.1) is 17.8 Å². The number of hydrogen-bond donors (Lipinski definition) is 1. The van der Waals surface area contributed by atoms with E-state index in [0.29, 0.717) is 11.6 Å². The highest BCUT2D eigenvalue weighted by atomic mass is 16.3. The van der Waals surface area contributed by atoms with Gasteiger partial charge in [-0.05, 0) is 24.0 Å². The Morgan fingerprint density at radius 3 is 2.77 bits per heavy atom. The van der Waals surface area contributed by atoms with E-state index in [1.807, 2.05) is 0 Å². The lowest BCUT2D eigenvalue weighted by Gasteiger charge is -1.93. The molecule has 0 fully saturated rings. The van der Waals surface area contributed by atoms with Crippen molar-refractivity contribution in [3.8, 4) is 17.6 Å². The van der Waals surface area contributed by atoms with Gasteiger partial charge in [0.25, 0.3) is 0 Å². The zero-order valence-corrected chi connectivity index (χ0v) is 7.91. The number of nitrogens with zero attached hydrogens (tertiary/aromatic N) is 1. The minimum atomic E-state index is 0.175. The molecule has 0 saturated heterocycles. The Bertz CT molecular complexity index is 316. The van der Waals surface area contributed by atoms with Gasteiger partial charge in [-0.15, -0.1) is 0 Å². The lowest BCUT2D eigenvalue weighted by molar-refractivity contribution is 0.472. The number of hydrogen-bond acceptors (Lipinski definition) is 2. The van der Waals surface area contributed by atoms with Crippen LogP contribution in [-0.4, -0.2) is 10.1 Å². The van der Waals surface area contributed by atoms with Crippen LogP contribution >= 0.6 is 0 Å². The predicted molar refractivity (Wildman–Crippen MR) is 52.2 cm³/mol. The third-order valence-corrected chi connectivity index (χ3v) is 1.47. The van der Waals surface area contributed by atoms with E-state index < -0.39 is 0 Å². The van der Waals surface area contributed by atoms with Gasteiger partial charge < -0.3 is 5.11 Å². The summed E-state index contributed by atoms with van der Waals surface area (Å²) in [7, 11) is 0. The van der Waals surface area contributed by atoms with Gasteiger partial charge in [-0.2, -0.15) is 0 Å². The largest absolute Gasteiger partial charge is 0.506 e. The van der Waals surface area contributed by atoms with Crippen molar-refractivity contribution < 1.29 is 5.11 Å². The third kappa shape index (κ3) is 3.62. The second kappa shape index (κ2) is 4.51. The van der Waals surface area contributed by atoms with Gasteiger partial charge in [-0.3, -0.25) is 0 Å². The van der Waals surface area contributed by atoms with Crippen molar-refractivity contribution in [1.29, 1.82) is 0 Å². The molecule has 1 heterocycles. The highest BCUT2D eigenvalue weighted by molar-refractivity contribution is 5.30. The summed E-state index contributed by atoms with van der Waals surface area (Å²) in [4.78, 5) is 3.95. The highest BCUT2D eigenvalue weighted by Gasteiger charge is 1.90. The first-order valence-corrected chi connectivity index (χ1v) is 4.32. The van der Waals surface area contributed by atoms with Crippen LogP contribution in [-0.2, 0) is 0 Å². The summed E-state index contributed by atoms with van der Waals surface area (Å²) in [6.45, 7) is 4.25. The first-order valence-electron chi connectivity index (χ1n) is 4.32. The van der Waals surface area contributed by atoms with Crippen LogP contribution in [0.3, 0.4) is 0 Å². The molecule has 0 aromatic carbocycles. The summed E-state index contributed by atoms with van der Waals surface area (Å²) in [5.74, 6) is 6.72. The van der Waals surface area contributed by atoms with E-state index in [1.54, 1.807) is 12.1 Å². The maximum atomic E-state index is 8.96. The van der Waals surface area contributed by atoms with Crippen molar-refractivity contribution in [1.82, 2.24) is 4.98 Å². The van der Waals surface area contributed by atoms with Crippen molar-refractivity contribution in [3.05, 3.63) is 24.0 Å². The van der Waals surface area contributed by atoms with Crippen molar-refractivity contribution in [2.45, 2.75) is 20.3 Å². The van der Waals surface area contributed by atoms with Crippen LogP contribution in [0.5, 0.6) is 5.75 Å². The number of rotatable bonds is 1. The fourth-order valence-corrected chi connectivity index (χ4v) is 0.806. The highest BCUT2D eigenvalue weighted by Crippen LogP contribution is 2.05. The average Bonchev–Trinajstić information content (AvgIpc) is 2.08. The molecule has 1 aromatic rings. The normalized spacial score (nSPS) is 9.46. The minimum absolute atomic E-state index is 0.175. The van der Waals surface area contributed by atoms with Crippen molar-refractivity contribution in [3.63, 3.8) is 0 Å². The Kier molecular flexibility index (Phi) is 3.33. The standard InChI is InChI=1S/C11H13NO/c1-9(2)4-3-5-10-6-7-11(13)8-12-10/h6-9,13H,4H2,1-2H3. The van der Waals surface area contributed by atoms with E-state index in [4.69, 9.17) is 5.11 Å². The Morgan fingerprint density at radius 1 is 1.46 bits per heavy atom. The summed E-state index contributed by atoms with van der Waals surface area (Å²) < 4.78 is 0. The zero-order chi connectivity index (χ0) is 9.68. The Hall–Kier alpha value is -1.49. The fourth-order valence-electron chi connectivity index (χ4n) is 0.806. The maximum Gasteiger partial charge on any atom is 0.133 e. The molecule has 0 aliphatic carbocycles. The van der Waals surface area contributed by atoms with Crippen LogP contribution in [0.4, 0.5) is 0 Å². The second-order valence-corrected chi connectivity index (χ2v) is 3.30. The maximum absolute atomic E-state index is 8.96. The van der Waals surface area contributed by atoms with Crippen molar-refractivity contribution in [2.24, 2.45) is 5.92 Å². The Morgan fingerprint density at radius 2 is 2.23 bits per heavy atom. The third-order valence-electron chi connectivity index (χ3n) is 1.47. The van der Waals surface area contributed by atoms with Gasteiger partial charge >= 0.3 is 0 Å². The molecular weight excluding hydrogens is 162 g/mol. The summed E-state index contributed by atoms with van der Waals surface area (Å²) in [6.07, 6.45) is 2.28. The molecule has 1 N–H and O–H groups in total. The second-order valence-electron chi connectivity index (χ2n) is 3.30. The van der Waals surface area contributed by atoms with Crippen LogP contribution in [0.15, 0.2) is 18.3 Å². The van der Waals surface area contributed by atoms with E-state index in [-0.39, 0.29) is 5.75 Å². The van der Waals surface area contributed by atoms with E-state index in [9.17, 15) is 0 Å². The minimum Gasteiger partial charge on any atom is -0.506 e. The van der Waals surface area contributed by atoms with E-state index in [0.717, 1.165) is 6.42 Å². The molecule has 0 bridgehead atoms. The van der Waals surface area contributed by atoms with Gasteiger partial charge in [0.1, 0.15) is 11.4 Å². The van der Waals surface area contributed by atoms with Crippen LogP contribution < -0.4 is 0 Å². The quantitative estimate of drug-likeness (QED) is 0.664.